The zero-order valence-electron chi connectivity index (χ0n) is 28.8. The Labute approximate surface area is 288 Å². The quantitative estimate of drug-likeness (QED) is 0.199. The molecule has 0 aliphatic carbocycles. The van der Waals surface area contributed by atoms with Crippen molar-refractivity contribution in [2.45, 2.75) is 77.4 Å². The van der Waals surface area contributed by atoms with Crippen LogP contribution >= 0.6 is 11.9 Å². The molecule has 10 heteroatoms. The predicted molar refractivity (Wildman–Crippen MR) is 193 cm³/mol. The largest absolute Gasteiger partial charge is 0.475 e. The van der Waals surface area contributed by atoms with E-state index in [9.17, 15) is 4.79 Å². The molecule has 1 amide bonds. The Balaban J connectivity index is 1.40. The first-order valence-corrected chi connectivity index (χ1v) is 17.5. The number of hydrogen-bond acceptors (Lipinski definition) is 9. The molecule has 1 N–H and O–H groups in total. The van der Waals surface area contributed by atoms with Crippen LogP contribution < -0.4 is 14.4 Å². The molecule has 2 aliphatic heterocycles. The lowest BCUT2D eigenvalue weighted by atomic mass is 9.87. The number of aryl methyl sites for hydroxylation is 2. The molecule has 4 heterocycles. The SMILES string of the molecule is COCC1CCCN1c1cccc(CN2C(=O)c3cccc(c3)SNc3nc(cc(-c4c(C)cccc4C)n3)OC[C@H]2CC(C)(C)C)n1. The van der Waals surface area contributed by atoms with Gasteiger partial charge in [-0.05, 0) is 91.9 Å². The number of pyridine rings is 1. The molecule has 0 saturated carbocycles. The highest BCUT2D eigenvalue weighted by Crippen LogP contribution is 2.33. The Hall–Kier alpha value is -4.15. The third-order valence-electron chi connectivity index (χ3n) is 8.91. The summed E-state index contributed by atoms with van der Waals surface area (Å²) in [5.74, 6) is 1.77. The van der Waals surface area contributed by atoms with E-state index in [4.69, 9.17) is 24.4 Å². The molecule has 4 bridgehead atoms. The number of fused-ring (bicyclic) bond motifs is 4. The zero-order chi connectivity index (χ0) is 33.8. The fraction of sp³-hybridized carbons (Fsp3) is 0.421. The Kier molecular flexibility index (Phi) is 10.2. The van der Waals surface area contributed by atoms with Gasteiger partial charge in [0.15, 0.2) is 0 Å². The molecule has 2 aromatic carbocycles. The van der Waals surface area contributed by atoms with Crippen molar-refractivity contribution in [1.29, 1.82) is 0 Å². The Bertz CT molecular complexity index is 1740. The summed E-state index contributed by atoms with van der Waals surface area (Å²) in [5, 5.41) is 0. The molecule has 1 fully saturated rings. The average Bonchev–Trinajstić information content (AvgIpc) is 3.52. The number of amides is 1. The van der Waals surface area contributed by atoms with Crippen LogP contribution in [-0.4, -0.2) is 64.7 Å². The van der Waals surface area contributed by atoms with E-state index in [-0.39, 0.29) is 24.0 Å². The second-order valence-electron chi connectivity index (χ2n) is 14.0. The van der Waals surface area contributed by atoms with Crippen LogP contribution in [0.5, 0.6) is 5.88 Å². The van der Waals surface area contributed by atoms with Gasteiger partial charge in [-0.15, -0.1) is 0 Å². The molecular formula is C38H46N6O3S. The van der Waals surface area contributed by atoms with Crippen molar-refractivity contribution in [3.05, 3.63) is 89.1 Å². The second kappa shape index (κ2) is 14.5. The number of carbonyl (C=O) groups excluding carboxylic acids is 1. The highest BCUT2D eigenvalue weighted by Gasteiger charge is 2.32. The minimum absolute atomic E-state index is 0.0609. The summed E-state index contributed by atoms with van der Waals surface area (Å²) in [6.07, 6.45) is 2.90. The van der Waals surface area contributed by atoms with Crippen molar-refractivity contribution in [3.8, 4) is 17.1 Å². The maximum absolute atomic E-state index is 14.6. The first-order valence-electron chi connectivity index (χ1n) is 16.7. The molecule has 4 aromatic rings. The van der Waals surface area contributed by atoms with E-state index in [0.717, 1.165) is 64.6 Å². The van der Waals surface area contributed by atoms with E-state index in [1.807, 2.05) is 47.4 Å². The van der Waals surface area contributed by atoms with Gasteiger partial charge in [-0.3, -0.25) is 9.52 Å². The average molecular weight is 667 g/mol. The number of ether oxygens (including phenoxy) is 2. The van der Waals surface area contributed by atoms with E-state index < -0.39 is 0 Å². The van der Waals surface area contributed by atoms with E-state index in [1.165, 1.54) is 11.9 Å². The monoisotopic (exact) mass is 666 g/mol. The highest BCUT2D eigenvalue weighted by atomic mass is 32.2. The van der Waals surface area contributed by atoms with Gasteiger partial charge in [-0.1, -0.05) is 51.1 Å². The summed E-state index contributed by atoms with van der Waals surface area (Å²) in [5.41, 5.74) is 5.46. The van der Waals surface area contributed by atoms with Crippen molar-refractivity contribution in [2.24, 2.45) is 5.41 Å². The number of nitrogens with one attached hydrogen (secondary N) is 1. The number of hydrogen-bond donors (Lipinski definition) is 1. The molecule has 0 radical (unpaired) electrons. The summed E-state index contributed by atoms with van der Waals surface area (Å²) in [6.45, 7) is 13.0. The standard InChI is InChI=1S/C38H46N6O3S/c1-25-11-7-12-26(2)35(25)32-20-34-41-37(40-32)42-48-31-16-8-13-27(19-31)36(45)44(30(24-47-34)21-38(3,4)5)22-28-14-9-17-33(39-28)43-18-10-15-29(43)23-46-6/h7-9,11-14,16-17,19-20,29-30H,10,15,18,21-24H2,1-6H3,(H,40,41,42)/t29?,30-/m1/s1. The molecule has 2 atom stereocenters. The van der Waals surface area contributed by atoms with Gasteiger partial charge in [-0.2, -0.15) is 4.98 Å². The molecule has 9 nitrogen and oxygen atoms in total. The summed E-state index contributed by atoms with van der Waals surface area (Å²) in [7, 11) is 1.75. The molecule has 48 heavy (non-hydrogen) atoms. The minimum atomic E-state index is -0.261. The first kappa shape index (κ1) is 33.7. The van der Waals surface area contributed by atoms with Crippen LogP contribution in [0.3, 0.4) is 0 Å². The fourth-order valence-corrected chi connectivity index (χ4v) is 7.39. The van der Waals surface area contributed by atoms with Crippen LogP contribution in [0.15, 0.2) is 71.6 Å². The number of nitrogens with zero attached hydrogens (tertiary/aromatic N) is 5. The maximum Gasteiger partial charge on any atom is 0.254 e. The van der Waals surface area contributed by atoms with Gasteiger partial charge >= 0.3 is 0 Å². The van der Waals surface area contributed by atoms with Gasteiger partial charge in [0, 0.05) is 35.7 Å². The van der Waals surface area contributed by atoms with Crippen LogP contribution in [0.2, 0.25) is 0 Å². The van der Waals surface area contributed by atoms with Crippen LogP contribution in [0.25, 0.3) is 11.3 Å². The predicted octanol–water partition coefficient (Wildman–Crippen LogP) is 7.73. The molecule has 0 spiro atoms. The molecule has 2 aromatic heterocycles. The van der Waals surface area contributed by atoms with Gasteiger partial charge in [0.1, 0.15) is 12.4 Å². The van der Waals surface area contributed by atoms with Gasteiger partial charge in [0.2, 0.25) is 11.8 Å². The summed E-state index contributed by atoms with van der Waals surface area (Å²) >= 11 is 1.37. The number of carbonyl (C=O) groups is 1. The van der Waals surface area contributed by atoms with E-state index >= 15 is 0 Å². The lowest BCUT2D eigenvalue weighted by Crippen LogP contribution is -2.45. The maximum atomic E-state index is 14.6. The van der Waals surface area contributed by atoms with Crippen molar-refractivity contribution in [2.75, 3.05) is 36.5 Å². The van der Waals surface area contributed by atoms with Crippen molar-refractivity contribution < 1.29 is 14.3 Å². The smallest absolute Gasteiger partial charge is 0.254 e. The highest BCUT2D eigenvalue weighted by molar-refractivity contribution is 8.00. The van der Waals surface area contributed by atoms with Gasteiger partial charge in [0.05, 0.1) is 36.6 Å². The molecule has 252 valence electrons. The zero-order valence-corrected chi connectivity index (χ0v) is 29.6. The fourth-order valence-electron chi connectivity index (χ4n) is 6.76. The normalized spacial score (nSPS) is 18.4. The summed E-state index contributed by atoms with van der Waals surface area (Å²) in [4.78, 5) is 34.5. The molecular weight excluding hydrogens is 621 g/mol. The molecule has 2 aliphatic rings. The van der Waals surface area contributed by atoms with Crippen LogP contribution in [-0.2, 0) is 11.3 Å². The second-order valence-corrected chi connectivity index (χ2v) is 14.9. The lowest BCUT2D eigenvalue weighted by Gasteiger charge is -2.36. The number of rotatable bonds is 7. The lowest BCUT2D eigenvalue weighted by molar-refractivity contribution is 0.0509. The van der Waals surface area contributed by atoms with Crippen molar-refractivity contribution in [3.63, 3.8) is 0 Å². The molecule has 1 saturated heterocycles. The third-order valence-corrected chi connectivity index (χ3v) is 9.68. The van der Waals surface area contributed by atoms with Gasteiger partial charge in [0.25, 0.3) is 5.91 Å². The Morgan fingerprint density at radius 2 is 1.75 bits per heavy atom. The van der Waals surface area contributed by atoms with Gasteiger partial charge in [-0.25, -0.2) is 9.97 Å². The molecule has 1 unspecified atom stereocenters. The summed E-state index contributed by atoms with van der Waals surface area (Å²) < 4.78 is 15.4. The number of benzene rings is 2. The molecule has 6 rings (SSSR count). The van der Waals surface area contributed by atoms with E-state index in [2.05, 4.69) is 68.5 Å². The van der Waals surface area contributed by atoms with Crippen LogP contribution in [0.4, 0.5) is 11.8 Å². The van der Waals surface area contributed by atoms with Crippen molar-refractivity contribution >= 4 is 29.6 Å². The van der Waals surface area contributed by atoms with E-state index in [1.54, 1.807) is 7.11 Å². The first-order chi connectivity index (χ1) is 23.1. The topological polar surface area (TPSA) is 92.7 Å². The van der Waals surface area contributed by atoms with Crippen LogP contribution in [0.1, 0.15) is 67.2 Å². The van der Waals surface area contributed by atoms with E-state index in [0.29, 0.717) is 36.6 Å². The number of methoxy groups -OCH3 is 1. The van der Waals surface area contributed by atoms with Gasteiger partial charge < -0.3 is 19.3 Å². The third kappa shape index (κ3) is 7.93. The number of aromatic nitrogens is 3. The Morgan fingerprint density at radius 1 is 0.979 bits per heavy atom. The van der Waals surface area contributed by atoms with Crippen LogP contribution in [0, 0.1) is 19.3 Å². The summed E-state index contributed by atoms with van der Waals surface area (Å²) in [6, 6.07) is 22.0. The minimum Gasteiger partial charge on any atom is -0.475 e. The Morgan fingerprint density at radius 3 is 2.52 bits per heavy atom. The van der Waals surface area contributed by atoms with Crippen molar-refractivity contribution in [1.82, 2.24) is 19.9 Å². The number of anilines is 2.